The van der Waals surface area contributed by atoms with Crippen molar-refractivity contribution < 1.29 is 8.42 Å². The number of hydrogen-bond donors (Lipinski definition) is 3. The first-order valence-corrected chi connectivity index (χ1v) is 10.7. The predicted octanol–water partition coefficient (Wildman–Crippen LogP) is 1.41. The van der Waals surface area contributed by atoms with Crippen LogP contribution in [0.25, 0.3) is 11.3 Å². The predicted molar refractivity (Wildman–Crippen MR) is 109 cm³/mol. The quantitative estimate of drug-likeness (QED) is 0.340. The van der Waals surface area contributed by atoms with E-state index in [0.29, 0.717) is 19.0 Å². The van der Waals surface area contributed by atoms with Crippen molar-refractivity contribution in [2.24, 2.45) is 4.99 Å². The maximum absolute atomic E-state index is 11.5. The highest BCUT2D eigenvalue weighted by Gasteiger charge is 2.10. The molecule has 1 heterocycles. The number of H-pyrrole nitrogens is 1. The van der Waals surface area contributed by atoms with Gasteiger partial charge in [0.05, 0.1) is 30.7 Å². The Balaban J connectivity index is 1.97. The lowest BCUT2D eigenvalue weighted by molar-refractivity contribution is 0.464. The second kappa shape index (κ2) is 10.1. The zero-order valence-electron chi connectivity index (χ0n) is 16.1. The molecule has 0 aliphatic rings. The molecule has 3 N–H and O–H groups in total. The molecule has 0 spiro atoms. The summed E-state index contributed by atoms with van der Waals surface area (Å²) in [6.45, 7) is 5.51. The molecule has 1 aromatic heterocycles. The van der Waals surface area contributed by atoms with Crippen molar-refractivity contribution in [3.05, 3.63) is 42.4 Å². The Morgan fingerprint density at radius 1 is 1.26 bits per heavy atom. The number of aliphatic imine (C=N–C) groups is 1. The first-order valence-electron chi connectivity index (χ1n) is 9.01. The molecule has 27 heavy (non-hydrogen) atoms. The fourth-order valence-corrected chi connectivity index (χ4v) is 3.05. The highest BCUT2D eigenvalue weighted by Crippen LogP contribution is 2.16. The number of nitrogens with one attached hydrogen (secondary N) is 3. The minimum atomic E-state index is -3.19. The molecule has 0 aliphatic carbocycles. The van der Waals surface area contributed by atoms with E-state index in [1.807, 2.05) is 55.4 Å². The molecule has 0 amide bonds. The summed E-state index contributed by atoms with van der Waals surface area (Å²) in [7, 11) is -1.27. The van der Waals surface area contributed by atoms with Crippen LogP contribution in [0.3, 0.4) is 0 Å². The summed E-state index contributed by atoms with van der Waals surface area (Å²) < 4.78 is 25.4. The number of rotatable bonds is 9. The normalized spacial score (nSPS) is 12.2. The van der Waals surface area contributed by atoms with Crippen molar-refractivity contribution in [3.63, 3.8) is 0 Å². The molecule has 0 bridgehead atoms. The highest BCUT2D eigenvalue weighted by atomic mass is 32.2. The van der Waals surface area contributed by atoms with Crippen LogP contribution < -0.4 is 10.0 Å². The van der Waals surface area contributed by atoms with E-state index < -0.39 is 10.0 Å². The number of guanidine groups is 1. The summed E-state index contributed by atoms with van der Waals surface area (Å²) in [5, 5.41) is 3.21. The van der Waals surface area contributed by atoms with E-state index in [1.165, 1.54) is 0 Å². The lowest BCUT2D eigenvalue weighted by Gasteiger charge is -2.21. The zero-order valence-corrected chi connectivity index (χ0v) is 16.9. The Bertz CT molecular complexity index is 833. The number of nitrogens with zero attached hydrogens (tertiary/aromatic N) is 3. The van der Waals surface area contributed by atoms with E-state index in [1.54, 1.807) is 6.92 Å². The van der Waals surface area contributed by atoms with Crippen LogP contribution in [0.2, 0.25) is 0 Å². The van der Waals surface area contributed by atoms with Crippen molar-refractivity contribution >= 4 is 16.0 Å². The molecule has 0 atom stereocenters. The topological polar surface area (TPSA) is 102 Å². The van der Waals surface area contributed by atoms with Crippen molar-refractivity contribution in [2.75, 3.05) is 32.4 Å². The number of imidazole rings is 1. The Labute approximate surface area is 161 Å². The lowest BCUT2D eigenvalue weighted by Crippen LogP contribution is -2.39. The molecular formula is C18H28N6O2S. The molecule has 2 rings (SSSR count). The monoisotopic (exact) mass is 392 g/mol. The van der Waals surface area contributed by atoms with Gasteiger partial charge < -0.3 is 15.2 Å². The van der Waals surface area contributed by atoms with E-state index in [9.17, 15) is 8.42 Å². The Kier molecular flexibility index (Phi) is 7.81. The number of hydrogen-bond acceptors (Lipinski definition) is 4. The molecule has 1 aromatic carbocycles. The van der Waals surface area contributed by atoms with Crippen molar-refractivity contribution in [1.82, 2.24) is 24.9 Å². The maximum atomic E-state index is 11.5. The van der Waals surface area contributed by atoms with E-state index in [4.69, 9.17) is 0 Å². The van der Waals surface area contributed by atoms with Gasteiger partial charge >= 0.3 is 0 Å². The van der Waals surface area contributed by atoms with Crippen LogP contribution in [0.15, 0.2) is 41.5 Å². The van der Waals surface area contributed by atoms with Crippen molar-refractivity contribution in [1.29, 1.82) is 0 Å². The van der Waals surface area contributed by atoms with E-state index in [-0.39, 0.29) is 12.3 Å². The zero-order chi connectivity index (χ0) is 19.7. The number of sulfonamides is 1. The molecule has 8 nitrogen and oxygen atoms in total. The van der Waals surface area contributed by atoms with Gasteiger partial charge in [-0.15, -0.1) is 0 Å². The molecule has 148 valence electrons. The van der Waals surface area contributed by atoms with Crippen LogP contribution >= 0.6 is 0 Å². The first kappa shape index (κ1) is 20.9. The smallest absolute Gasteiger partial charge is 0.211 e. The van der Waals surface area contributed by atoms with Crippen LogP contribution in [0.5, 0.6) is 0 Å². The maximum Gasteiger partial charge on any atom is 0.211 e. The lowest BCUT2D eigenvalue weighted by atomic mass is 10.2. The molecule has 9 heteroatoms. The Morgan fingerprint density at radius 2 is 2.00 bits per heavy atom. The van der Waals surface area contributed by atoms with Crippen LogP contribution in [-0.4, -0.2) is 61.7 Å². The SMILES string of the molecule is CCNC(=NCCNS(=O)(=O)CC)N(C)Cc1ncc(-c2ccccc2)[nH]1. The van der Waals surface area contributed by atoms with Crippen molar-refractivity contribution in [3.8, 4) is 11.3 Å². The van der Waals surface area contributed by atoms with Gasteiger partial charge in [0, 0.05) is 20.1 Å². The highest BCUT2D eigenvalue weighted by molar-refractivity contribution is 7.89. The molecule has 0 radical (unpaired) electrons. The van der Waals surface area contributed by atoms with Gasteiger partial charge in [0.25, 0.3) is 0 Å². The average Bonchev–Trinajstić information content (AvgIpc) is 3.13. The molecule has 0 unspecified atom stereocenters. The molecule has 2 aromatic rings. The van der Waals surface area contributed by atoms with E-state index >= 15 is 0 Å². The molecular weight excluding hydrogens is 364 g/mol. The van der Waals surface area contributed by atoms with Gasteiger partial charge in [-0.2, -0.15) is 0 Å². The summed E-state index contributed by atoms with van der Waals surface area (Å²) in [5.74, 6) is 1.60. The van der Waals surface area contributed by atoms with Gasteiger partial charge in [-0.3, -0.25) is 4.99 Å². The minimum absolute atomic E-state index is 0.0684. The van der Waals surface area contributed by atoms with Gasteiger partial charge in [-0.05, 0) is 19.4 Å². The minimum Gasteiger partial charge on any atom is -0.357 e. The summed E-state index contributed by atoms with van der Waals surface area (Å²) in [5.41, 5.74) is 2.05. The largest absolute Gasteiger partial charge is 0.357 e. The van der Waals surface area contributed by atoms with Crippen LogP contribution in [0.1, 0.15) is 19.7 Å². The number of aromatic nitrogens is 2. The van der Waals surface area contributed by atoms with Gasteiger partial charge in [0.15, 0.2) is 5.96 Å². The number of aromatic amines is 1. The summed E-state index contributed by atoms with van der Waals surface area (Å²) >= 11 is 0. The number of benzene rings is 1. The van der Waals surface area contributed by atoms with Gasteiger partial charge in [0.1, 0.15) is 5.82 Å². The summed E-state index contributed by atoms with van der Waals surface area (Å²) in [4.78, 5) is 14.2. The Morgan fingerprint density at radius 3 is 2.67 bits per heavy atom. The van der Waals surface area contributed by atoms with Gasteiger partial charge in [0.2, 0.25) is 10.0 Å². The molecule has 0 saturated carbocycles. The third kappa shape index (κ3) is 6.69. The van der Waals surface area contributed by atoms with E-state index in [0.717, 1.165) is 23.6 Å². The summed E-state index contributed by atoms with van der Waals surface area (Å²) in [6, 6.07) is 10.0. The van der Waals surface area contributed by atoms with Crippen LogP contribution in [0.4, 0.5) is 0 Å². The van der Waals surface area contributed by atoms with Crippen LogP contribution in [-0.2, 0) is 16.6 Å². The molecule has 0 aliphatic heterocycles. The second-order valence-electron chi connectivity index (χ2n) is 6.00. The van der Waals surface area contributed by atoms with E-state index in [2.05, 4.69) is 25.0 Å². The standard InChI is InChI=1S/C18H28N6O2S/c1-4-19-18(20-11-12-22-27(25,26)5-2)24(3)14-17-21-13-16(23-17)15-9-7-6-8-10-15/h6-10,13,22H,4-5,11-12,14H2,1-3H3,(H,19,20)(H,21,23). The second-order valence-corrected chi connectivity index (χ2v) is 8.09. The van der Waals surface area contributed by atoms with Gasteiger partial charge in [-0.1, -0.05) is 30.3 Å². The fourth-order valence-electron chi connectivity index (χ4n) is 2.44. The third-order valence-corrected chi connectivity index (χ3v) is 5.28. The molecule has 0 fully saturated rings. The third-order valence-electron chi connectivity index (χ3n) is 3.87. The van der Waals surface area contributed by atoms with Gasteiger partial charge in [-0.25, -0.2) is 18.1 Å². The fraction of sp³-hybridized carbons (Fsp3) is 0.444. The Hall–Kier alpha value is -2.39. The van der Waals surface area contributed by atoms with Crippen molar-refractivity contribution in [2.45, 2.75) is 20.4 Å². The first-order chi connectivity index (χ1) is 12.9. The summed E-state index contributed by atoms with van der Waals surface area (Å²) in [6.07, 6.45) is 1.82. The molecule has 0 saturated heterocycles. The average molecular weight is 393 g/mol. The van der Waals surface area contributed by atoms with Crippen LogP contribution in [0, 0.1) is 0 Å².